The molecular formula is C20H28O3. The lowest BCUT2D eigenvalue weighted by Crippen LogP contribution is -2.31. The minimum absolute atomic E-state index is 0.0954. The Balaban J connectivity index is 1.75. The molecule has 23 heavy (non-hydrogen) atoms. The van der Waals surface area contributed by atoms with Crippen molar-refractivity contribution >= 4 is 11.0 Å². The topological polar surface area (TPSA) is 42.6 Å². The lowest BCUT2D eigenvalue weighted by atomic mass is 10.0. The molecule has 3 heteroatoms. The first-order chi connectivity index (χ1) is 11.1. The van der Waals surface area contributed by atoms with Crippen LogP contribution in [-0.4, -0.2) is 17.3 Å². The zero-order valence-corrected chi connectivity index (χ0v) is 14.3. The normalized spacial score (nSPS) is 23.5. The standard InChI is InChI=1S/C20H28O3/c1-14(2)20-13-15-12-16(10-11-18(15)23-20)22-19-9-7-5-3-4-6-8-17(19)21/h10-14,17,19,21H,3-9H2,1-2H3. The van der Waals surface area contributed by atoms with Crippen molar-refractivity contribution in [1.82, 2.24) is 0 Å². The second kappa shape index (κ2) is 7.39. The maximum atomic E-state index is 10.4. The van der Waals surface area contributed by atoms with E-state index in [1.54, 1.807) is 0 Å². The maximum Gasteiger partial charge on any atom is 0.134 e. The van der Waals surface area contributed by atoms with Gasteiger partial charge in [0, 0.05) is 11.3 Å². The molecule has 2 unspecified atom stereocenters. The highest BCUT2D eigenvalue weighted by atomic mass is 16.5. The highest BCUT2D eigenvalue weighted by molar-refractivity contribution is 5.79. The first kappa shape index (κ1) is 16.4. The van der Waals surface area contributed by atoms with Crippen molar-refractivity contribution in [3.63, 3.8) is 0 Å². The molecule has 3 nitrogen and oxygen atoms in total. The van der Waals surface area contributed by atoms with E-state index in [9.17, 15) is 5.11 Å². The van der Waals surface area contributed by atoms with Crippen molar-refractivity contribution in [2.75, 3.05) is 0 Å². The maximum absolute atomic E-state index is 10.4. The third-order valence-corrected chi connectivity index (χ3v) is 4.78. The van der Waals surface area contributed by atoms with Crippen molar-refractivity contribution in [2.45, 2.75) is 76.9 Å². The van der Waals surface area contributed by atoms with Gasteiger partial charge in [0.15, 0.2) is 0 Å². The Hall–Kier alpha value is -1.48. The van der Waals surface area contributed by atoms with Crippen LogP contribution in [0.3, 0.4) is 0 Å². The van der Waals surface area contributed by atoms with E-state index < -0.39 is 0 Å². The molecular weight excluding hydrogens is 288 g/mol. The van der Waals surface area contributed by atoms with Gasteiger partial charge in [0.1, 0.15) is 23.2 Å². The van der Waals surface area contributed by atoms with E-state index in [0.29, 0.717) is 5.92 Å². The van der Waals surface area contributed by atoms with Gasteiger partial charge in [0.05, 0.1) is 6.10 Å². The van der Waals surface area contributed by atoms with Gasteiger partial charge in [-0.15, -0.1) is 0 Å². The fourth-order valence-electron chi connectivity index (χ4n) is 3.32. The van der Waals surface area contributed by atoms with Crippen LogP contribution >= 0.6 is 0 Å². The zero-order valence-electron chi connectivity index (χ0n) is 14.3. The highest BCUT2D eigenvalue weighted by Crippen LogP contribution is 2.29. The summed E-state index contributed by atoms with van der Waals surface area (Å²) in [6, 6.07) is 8.05. The molecule has 2 aromatic rings. The highest BCUT2D eigenvalue weighted by Gasteiger charge is 2.22. The third kappa shape index (κ3) is 4.08. The van der Waals surface area contributed by atoms with Gasteiger partial charge in [-0.3, -0.25) is 0 Å². The summed E-state index contributed by atoms with van der Waals surface area (Å²) in [5.41, 5.74) is 0.899. The third-order valence-electron chi connectivity index (χ3n) is 4.78. The van der Waals surface area contributed by atoms with E-state index in [1.807, 2.05) is 18.2 Å². The van der Waals surface area contributed by atoms with Gasteiger partial charge < -0.3 is 14.3 Å². The predicted molar refractivity (Wildman–Crippen MR) is 93.0 cm³/mol. The van der Waals surface area contributed by atoms with Gasteiger partial charge in [0.2, 0.25) is 0 Å². The second-order valence-electron chi connectivity index (χ2n) is 7.07. The van der Waals surface area contributed by atoms with Crippen molar-refractivity contribution in [3.05, 3.63) is 30.0 Å². The van der Waals surface area contributed by atoms with Crippen LogP contribution in [-0.2, 0) is 0 Å². The van der Waals surface area contributed by atoms with Crippen LogP contribution < -0.4 is 4.74 Å². The summed E-state index contributed by atoms with van der Waals surface area (Å²) in [5.74, 6) is 2.21. The summed E-state index contributed by atoms with van der Waals surface area (Å²) in [6.45, 7) is 4.26. The molecule has 1 aromatic carbocycles. The fourth-order valence-corrected chi connectivity index (χ4v) is 3.32. The number of furan rings is 1. The van der Waals surface area contributed by atoms with E-state index in [1.165, 1.54) is 19.3 Å². The molecule has 1 N–H and O–H groups in total. The zero-order chi connectivity index (χ0) is 16.2. The number of hydrogen-bond donors (Lipinski definition) is 1. The Labute approximate surface area is 138 Å². The molecule has 0 bridgehead atoms. The summed E-state index contributed by atoms with van der Waals surface area (Å²) >= 11 is 0. The van der Waals surface area contributed by atoms with Crippen LogP contribution in [0.25, 0.3) is 11.0 Å². The van der Waals surface area contributed by atoms with Crippen molar-refractivity contribution < 1.29 is 14.3 Å². The molecule has 3 rings (SSSR count). The fraction of sp³-hybridized carbons (Fsp3) is 0.600. The summed E-state index contributed by atoms with van der Waals surface area (Å²) in [5, 5.41) is 11.5. The number of aliphatic hydroxyl groups is 1. The number of benzene rings is 1. The van der Waals surface area contributed by atoms with Crippen LogP contribution in [0, 0.1) is 0 Å². The van der Waals surface area contributed by atoms with Gasteiger partial charge in [-0.1, -0.05) is 39.5 Å². The molecule has 1 heterocycles. The Morgan fingerprint density at radius 1 is 1.04 bits per heavy atom. The molecule has 1 fully saturated rings. The van der Waals surface area contributed by atoms with Gasteiger partial charge >= 0.3 is 0 Å². The molecule has 0 spiro atoms. The van der Waals surface area contributed by atoms with Crippen LogP contribution in [0.15, 0.2) is 28.7 Å². The molecule has 1 aliphatic rings. The minimum Gasteiger partial charge on any atom is -0.488 e. The molecule has 0 radical (unpaired) electrons. The average Bonchev–Trinajstić information content (AvgIpc) is 2.98. The second-order valence-corrected chi connectivity index (χ2v) is 7.07. The molecule has 0 aliphatic heterocycles. The smallest absolute Gasteiger partial charge is 0.134 e. The largest absolute Gasteiger partial charge is 0.488 e. The van der Waals surface area contributed by atoms with Crippen molar-refractivity contribution in [1.29, 1.82) is 0 Å². The lowest BCUT2D eigenvalue weighted by molar-refractivity contribution is 0.0253. The minimum atomic E-state index is -0.362. The number of rotatable bonds is 3. The number of hydrogen-bond acceptors (Lipinski definition) is 3. The molecule has 1 aliphatic carbocycles. The molecule has 1 aromatic heterocycles. The molecule has 126 valence electrons. The first-order valence-corrected chi connectivity index (χ1v) is 9.01. The van der Waals surface area contributed by atoms with Gasteiger partial charge in [-0.05, 0) is 43.5 Å². The predicted octanol–water partition coefficient (Wildman–Crippen LogP) is 5.41. The monoisotopic (exact) mass is 316 g/mol. The quantitative estimate of drug-likeness (QED) is 0.823. The Morgan fingerprint density at radius 2 is 1.78 bits per heavy atom. The average molecular weight is 316 g/mol. The van der Waals surface area contributed by atoms with E-state index in [2.05, 4.69) is 19.9 Å². The Bertz CT molecular complexity index is 629. The van der Waals surface area contributed by atoms with E-state index in [-0.39, 0.29) is 12.2 Å². The summed E-state index contributed by atoms with van der Waals surface area (Å²) in [6.07, 6.45) is 7.29. The van der Waals surface area contributed by atoms with E-state index in [0.717, 1.165) is 48.2 Å². The lowest BCUT2D eigenvalue weighted by Gasteiger charge is -2.23. The van der Waals surface area contributed by atoms with Gasteiger partial charge in [-0.25, -0.2) is 0 Å². The van der Waals surface area contributed by atoms with Crippen LogP contribution in [0.4, 0.5) is 0 Å². The van der Waals surface area contributed by atoms with E-state index in [4.69, 9.17) is 9.15 Å². The summed E-state index contributed by atoms with van der Waals surface area (Å²) in [4.78, 5) is 0. The van der Waals surface area contributed by atoms with Gasteiger partial charge in [0.25, 0.3) is 0 Å². The first-order valence-electron chi connectivity index (χ1n) is 9.01. The molecule has 1 saturated carbocycles. The van der Waals surface area contributed by atoms with Gasteiger partial charge in [-0.2, -0.15) is 0 Å². The Morgan fingerprint density at radius 3 is 2.57 bits per heavy atom. The van der Waals surface area contributed by atoms with Crippen molar-refractivity contribution in [2.24, 2.45) is 0 Å². The Kier molecular flexibility index (Phi) is 5.27. The van der Waals surface area contributed by atoms with Crippen LogP contribution in [0.2, 0.25) is 0 Å². The van der Waals surface area contributed by atoms with Crippen LogP contribution in [0.1, 0.15) is 70.5 Å². The SMILES string of the molecule is CC(C)c1cc2cc(OC3CCCCCCCC3O)ccc2o1. The summed E-state index contributed by atoms with van der Waals surface area (Å²) in [7, 11) is 0. The van der Waals surface area contributed by atoms with Crippen LogP contribution in [0.5, 0.6) is 5.75 Å². The number of aliphatic hydroxyl groups excluding tert-OH is 1. The number of fused-ring (bicyclic) bond motifs is 1. The number of ether oxygens (including phenoxy) is 1. The molecule has 2 atom stereocenters. The van der Waals surface area contributed by atoms with E-state index >= 15 is 0 Å². The summed E-state index contributed by atoms with van der Waals surface area (Å²) < 4.78 is 12.0. The molecule has 0 amide bonds. The molecule has 0 saturated heterocycles. The van der Waals surface area contributed by atoms with Crippen molar-refractivity contribution in [3.8, 4) is 5.75 Å².